The number of nitro groups is 1. The summed E-state index contributed by atoms with van der Waals surface area (Å²) >= 11 is 0. The van der Waals surface area contributed by atoms with E-state index < -0.39 is 10.8 Å². The maximum atomic E-state index is 12.1. The Balaban J connectivity index is 2.20. The second-order valence-electron chi connectivity index (χ2n) is 4.76. The Labute approximate surface area is 120 Å². The van der Waals surface area contributed by atoms with Crippen molar-refractivity contribution < 1.29 is 9.72 Å². The van der Waals surface area contributed by atoms with Crippen LogP contribution in [-0.2, 0) is 20.6 Å². The number of aromatic nitrogens is 4. The molecule has 0 radical (unpaired) electrons. The number of nitrogens with zero attached hydrogens (tertiary/aromatic N) is 5. The lowest BCUT2D eigenvalue weighted by atomic mass is 10.2. The van der Waals surface area contributed by atoms with Gasteiger partial charge < -0.3 is 5.32 Å². The number of aryl methyl sites for hydroxylation is 3. The van der Waals surface area contributed by atoms with Gasteiger partial charge in [0, 0.05) is 32.4 Å². The van der Waals surface area contributed by atoms with Gasteiger partial charge in [-0.1, -0.05) is 0 Å². The van der Waals surface area contributed by atoms with Crippen LogP contribution >= 0.6 is 0 Å². The van der Waals surface area contributed by atoms with Crippen molar-refractivity contribution in [2.75, 3.05) is 0 Å². The average molecular weight is 292 g/mol. The van der Waals surface area contributed by atoms with E-state index >= 15 is 0 Å². The summed E-state index contributed by atoms with van der Waals surface area (Å²) < 4.78 is 2.96. The summed E-state index contributed by atoms with van der Waals surface area (Å²) in [5, 5.41) is 21.8. The molecule has 0 saturated heterocycles. The first-order valence-electron chi connectivity index (χ1n) is 6.26. The fraction of sp³-hybridized carbons (Fsp3) is 0.417. The Bertz CT molecular complexity index is 715. The molecule has 0 aliphatic carbocycles. The third-order valence-corrected chi connectivity index (χ3v) is 3.25. The molecule has 2 aromatic rings. The predicted octanol–water partition coefficient (Wildman–Crippen LogP) is 0.609. The van der Waals surface area contributed by atoms with Crippen molar-refractivity contribution in [3.05, 3.63) is 39.0 Å². The molecule has 0 aliphatic heterocycles. The van der Waals surface area contributed by atoms with Crippen LogP contribution in [0.15, 0.2) is 6.20 Å². The highest BCUT2D eigenvalue weighted by molar-refractivity contribution is 5.96. The van der Waals surface area contributed by atoms with Gasteiger partial charge in [-0.15, -0.1) is 0 Å². The largest absolute Gasteiger partial charge is 0.346 e. The molecule has 0 saturated carbocycles. The van der Waals surface area contributed by atoms with Crippen LogP contribution in [0.5, 0.6) is 0 Å². The van der Waals surface area contributed by atoms with Gasteiger partial charge in [-0.2, -0.15) is 10.2 Å². The van der Waals surface area contributed by atoms with Gasteiger partial charge in [-0.25, -0.2) is 0 Å². The maximum absolute atomic E-state index is 12.1. The van der Waals surface area contributed by atoms with Gasteiger partial charge in [0.1, 0.15) is 5.69 Å². The molecule has 1 N–H and O–H groups in total. The first-order valence-corrected chi connectivity index (χ1v) is 6.26. The number of carbonyl (C=O) groups excluding carboxylic acids is 1. The van der Waals surface area contributed by atoms with Crippen molar-refractivity contribution >= 4 is 11.6 Å². The van der Waals surface area contributed by atoms with Crippen LogP contribution in [-0.4, -0.2) is 30.4 Å². The minimum absolute atomic E-state index is 0.179. The number of rotatable bonds is 4. The van der Waals surface area contributed by atoms with Gasteiger partial charge in [0.05, 0.1) is 10.6 Å². The van der Waals surface area contributed by atoms with Crippen molar-refractivity contribution in [2.45, 2.75) is 20.4 Å². The molecule has 0 aromatic carbocycles. The molecular formula is C12H16N6O3. The molecule has 2 rings (SSSR count). The summed E-state index contributed by atoms with van der Waals surface area (Å²) in [6.45, 7) is 3.62. The van der Waals surface area contributed by atoms with E-state index in [0.29, 0.717) is 5.69 Å². The van der Waals surface area contributed by atoms with Crippen molar-refractivity contribution in [1.82, 2.24) is 24.9 Å². The molecule has 2 aromatic heterocycles. The zero-order chi connectivity index (χ0) is 15.7. The molecule has 0 spiro atoms. The van der Waals surface area contributed by atoms with Crippen LogP contribution in [0.1, 0.15) is 27.4 Å². The maximum Gasteiger partial charge on any atom is 0.322 e. The van der Waals surface area contributed by atoms with Crippen LogP contribution in [0.2, 0.25) is 0 Å². The molecule has 0 aliphatic rings. The second-order valence-corrected chi connectivity index (χ2v) is 4.76. The van der Waals surface area contributed by atoms with Gasteiger partial charge in [0.15, 0.2) is 0 Å². The first kappa shape index (κ1) is 14.7. The van der Waals surface area contributed by atoms with E-state index in [2.05, 4.69) is 15.5 Å². The van der Waals surface area contributed by atoms with E-state index in [1.165, 1.54) is 4.68 Å². The van der Waals surface area contributed by atoms with E-state index in [9.17, 15) is 14.9 Å². The molecule has 0 unspecified atom stereocenters. The number of carbonyl (C=O) groups is 1. The Morgan fingerprint density at radius 1 is 1.38 bits per heavy atom. The number of hydrogen-bond acceptors (Lipinski definition) is 5. The van der Waals surface area contributed by atoms with Gasteiger partial charge >= 0.3 is 5.69 Å². The minimum atomic E-state index is -0.591. The number of amides is 1. The molecule has 0 atom stereocenters. The lowest BCUT2D eigenvalue weighted by Crippen LogP contribution is -2.24. The number of nitrogens with one attached hydrogen (secondary N) is 1. The Morgan fingerprint density at radius 2 is 2.05 bits per heavy atom. The summed E-state index contributed by atoms with van der Waals surface area (Å²) in [4.78, 5) is 22.6. The summed E-state index contributed by atoms with van der Waals surface area (Å²) in [5.74, 6) is -0.575. The fourth-order valence-corrected chi connectivity index (χ4v) is 2.05. The van der Waals surface area contributed by atoms with Gasteiger partial charge in [0.2, 0.25) is 5.69 Å². The fourth-order valence-electron chi connectivity index (χ4n) is 2.05. The van der Waals surface area contributed by atoms with E-state index in [-0.39, 0.29) is 17.9 Å². The highest BCUT2D eigenvalue weighted by atomic mass is 16.6. The average Bonchev–Trinajstić information content (AvgIpc) is 2.87. The normalized spacial score (nSPS) is 10.7. The standard InChI is InChI=1S/C12H16N6O3/c1-7-9(6-16(3)14-7)5-13-12(19)10-11(18(20)21)8(2)17(4)15-10/h6H,5H2,1-4H3,(H,13,19). The van der Waals surface area contributed by atoms with Crippen molar-refractivity contribution in [3.63, 3.8) is 0 Å². The smallest absolute Gasteiger partial charge is 0.322 e. The van der Waals surface area contributed by atoms with Gasteiger partial charge in [-0.3, -0.25) is 24.3 Å². The van der Waals surface area contributed by atoms with Crippen LogP contribution in [0, 0.1) is 24.0 Å². The number of hydrogen-bond donors (Lipinski definition) is 1. The Hall–Kier alpha value is -2.71. The Kier molecular flexibility index (Phi) is 3.74. The third kappa shape index (κ3) is 2.76. The van der Waals surface area contributed by atoms with E-state index in [0.717, 1.165) is 11.3 Å². The van der Waals surface area contributed by atoms with E-state index in [1.807, 2.05) is 6.92 Å². The second kappa shape index (κ2) is 5.35. The summed E-state index contributed by atoms with van der Waals surface area (Å²) in [6, 6.07) is 0. The lowest BCUT2D eigenvalue weighted by Gasteiger charge is -2.01. The lowest BCUT2D eigenvalue weighted by molar-refractivity contribution is -0.385. The van der Waals surface area contributed by atoms with Crippen LogP contribution < -0.4 is 5.32 Å². The molecule has 9 heteroatoms. The molecule has 112 valence electrons. The molecule has 2 heterocycles. The molecular weight excluding hydrogens is 276 g/mol. The molecule has 0 fully saturated rings. The van der Waals surface area contributed by atoms with Crippen LogP contribution in [0.4, 0.5) is 5.69 Å². The molecule has 0 bridgehead atoms. The van der Waals surface area contributed by atoms with Crippen LogP contribution in [0.25, 0.3) is 0 Å². The topological polar surface area (TPSA) is 108 Å². The van der Waals surface area contributed by atoms with Crippen molar-refractivity contribution in [1.29, 1.82) is 0 Å². The molecule has 21 heavy (non-hydrogen) atoms. The van der Waals surface area contributed by atoms with E-state index in [1.54, 1.807) is 31.9 Å². The minimum Gasteiger partial charge on any atom is -0.346 e. The van der Waals surface area contributed by atoms with E-state index in [4.69, 9.17) is 0 Å². The summed E-state index contributed by atoms with van der Waals surface area (Å²) in [6.07, 6.45) is 1.79. The molecule has 9 nitrogen and oxygen atoms in total. The third-order valence-electron chi connectivity index (χ3n) is 3.25. The van der Waals surface area contributed by atoms with Gasteiger partial charge in [0.25, 0.3) is 5.91 Å². The first-order chi connectivity index (χ1) is 9.81. The highest BCUT2D eigenvalue weighted by Crippen LogP contribution is 2.21. The van der Waals surface area contributed by atoms with Crippen molar-refractivity contribution in [2.24, 2.45) is 14.1 Å². The highest BCUT2D eigenvalue weighted by Gasteiger charge is 2.28. The summed E-state index contributed by atoms with van der Waals surface area (Å²) in [5.41, 5.74) is 1.54. The zero-order valence-electron chi connectivity index (χ0n) is 12.2. The van der Waals surface area contributed by atoms with Gasteiger partial charge in [-0.05, 0) is 13.8 Å². The Morgan fingerprint density at radius 3 is 2.57 bits per heavy atom. The predicted molar refractivity (Wildman–Crippen MR) is 73.7 cm³/mol. The monoisotopic (exact) mass is 292 g/mol. The van der Waals surface area contributed by atoms with Crippen LogP contribution in [0.3, 0.4) is 0 Å². The SMILES string of the molecule is Cc1nn(C)cc1CNC(=O)c1nn(C)c(C)c1[N+](=O)[O-]. The van der Waals surface area contributed by atoms with Crippen molar-refractivity contribution in [3.8, 4) is 0 Å². The zero-order valence-corrected chi connectivity index (χ0v) is 12.2. The summed E-state index contributed by atoms with van der Waals surface area (Å²) in [7, 11) is 3.34. The quantitative estimate of drug-likeness (QED) is 0.656. The molecule has 1 amide bonds.